The van der Waals surface area contributed by atoms with E-state index in [4.69, 9.17) is 22.4 Å². The van der Waals surface area contributed by atoms with E-state index in [1.165, 1.54) is 0 Å². The third-order valence-corrected chi connectivity index (χ3v) is 2.26. The summed E-state index contributed by atoms with van der Waals surface area (Å²) >= 11 is 5.87. The average Bonchev–Trinajstić information content (AvgIpc) is 2.22. The summed E-state index contributed by atoms with van der Waals surface area (Å²) in [7, 11) is 0. The fourth-order valence-corrected chi connectivity index (χ4v) is 1.37. The van der Waals surface area contributed by atoms with Gasteiger partial charge in [0, 0.05) is 23.6 Å². The molecule has 0 aromatic heterocycles. The first kappa shape index (κ1) is 12.6. The number of rotatable bonds is 3. The van der Waals surface area contributed by atoms with Crippen molar-refractivity contribution in [2.24, 2.45) is 5.73 Å². The van der Waals surface area contributed by atoms with E-state index in [9.17, 15) is 4.79 Å². The summed E-state index contributed by atoms with van der Waals surface area (Å²) in [4.78, 5) is 10.6. The van der Waals surface area contributed by atoms with Crippen molar-refractivity contribution in [3.8, 4) is 11.8 Å². The number of benzene rings is 1. The van der Waals surface area contributed by atoms with Crippen LogP contribution < -0.4 is 5.73 Å². The van der Waals surface area contributed by atoms with Gasteiger partial charge in [0.2, 0.25) is 0 Å². The molecular weight excluding hydrogens is 226 g/mol. The molecule has 0 saturated heterocycles. The molecule has 1 rings (SSSR count). The molecule has 0 fully saturated rings. The molecule has 0 aliphatic carbocycles. The smallest absolute Gasteiger partial charge is 0.307 e. The Balaban J connectivity index is 2.90. The third kappa shape index (κ3) is 3.93. The van der Waals surface area contributed by atoms with E-state index in [1.807, 2.05) is 0 Å². The number of halogens is 1. The van der Waals surface area contributed by atoms with Crippen molar-refractivity contribution in [1.82, 2.24) is 0 Å². The van der Waals surface area contributed by atoms with Crippen molar-refractivity contribution in [1.29, 1.82) is 0 Å². The second-order valence-electron chi connectivity index (χ2n) is 3.22. The third-order valence-electron chi connectivity index (χ3n) is 1.89. The zero-order chi connectivity index (χ0) is 12.0. The minimum absolute atomic E-state index is 0.0920. The van der Waals surface area contributed by atoms with Crippen LogP contribution in [0.4, 0.5) is 0 Å². The molecule has 0 saturated carbocycles. The maximum absolute atomic E-state index is 10.6. The van der Waals surface area contributed by atoms with Crippen LogP contribution in [0.1, 0.15) is 17.5 Å². The molecule has 0 aliphatic rings. The minimum atomic E-state index is -0.908. The van der Waals surface area contributed by atoms with E-state index in [-0.39, 0.29) is 6.42 Å². The highest BCUT2D eigenvalue weighted by Gasteiger charge is 2.05. The summed E-state index contributed by atoms with van der Waals surface area (Å²) < 4.78 is 0. The van der Waals surface area contributed by atoms with Crippen LogP contribution in [0.15, 0.2) is 18.2 Å². The zero-order valence-electron chi connectivity index (χ0n) is 8.66. The molecule has 0 radical (unpaired) electrons. The number of carboxylic acids is 1. The number of carboxylic acid groups (broad SMARTS) is 1. The van der Waals surface area contributed by atoms with E-state index in [0.29, 0.717) is 23.6 Å². The van der Waals surface area contributed by atoms with Crippen LogP contribution in [0.3, 0.4) is 0 Å². The molecule has 1 aromatic rings. The van der Waals surface area contributed by atoms with Crippen LogP contribution in [-0.2, 0) is 11.2 Å². The Hall–Kier alpha value is -1.50. The first-order chi connectivity index (χ1) is 7.63. The van der Waals surface area contributed by atoms with Crippen LogP contribution in [0.2, 0.25) is 5.02 Å². The maximum atomic E-state index is 10.6. The molecule has 1 aromatic carbocycles. The SMILES string of the molecule is NCCC#Cc1ccc(Cl)c(CC(=O)O)c1. The van der Waals surface area contributed by atoms with Crippen molar-refractivity contribution in [2.45, 2.75) is 12.8 Å². The highest BCUT2D eigenvalue weighted by molar-refractivity contribution is 6.31. The molecule has 16 heavy (non-hydrogen) atoms. The predicted molar refractivity (Wildman–Crippen MR) is 63.3 cm³/mol. The average molecular weight is 238 g/mol. The van der Waals surface area contributed by atoms with Gasteiger partial charge >= 0.3 is 5.97 Å². The molecule has 84 valence electrons. The Labute approximate surface area is 99.2 Å². The minimum Gasteiger partial charge on any atom is -0.481 e. The van der Waals surface area contributed by atoms with Crippen LogP contribution >= 0.6 is 11.6 Å². The van der Waals surface area contributed by atoms with Crippen LogP contribution in [0, 0.1) is 11.8 Å². The van der Waals surface area contributed by atoms with Gasteiger partial charge in [-0.1, -0.05) is 23.4 Å². The highest BCUT2D eigenvalue weighted by atomic mass is 35.5. The largest absolute Gasteiger partial charge is 0.481 e. The lowest BCUT2D eigenvalue weighted by Crippen LogP contribution is -2.01. The lowest BCUT2D eigenvalue weighted by Gasteiger charge is -2.01. The van der Waals surface area contributed by atoms with E-state index >= 15 is 0 Å². The van der Waals surface area contributed by atoms with Crippen LogP contribution in [0.5, 0.6) is 0 Å². The molecule has 0 heterocycles. The van der Waals surface area contributed by atoms with Crippen molar-refractivity contribution in [3.63, 3.8) is 0 Å². The van der Waals surface area contributed by atoms with Crippen molar-refractivity contribution < 1.29 is 9.90 Å². The van der Waals surface area contributed by atoms with Gasteiger partial charge in [-0.15, -0.1) is 0 Å². The number of nitrogens with two attached hydrogens (primary N) is 1. The summed E-state index contributed by atoms with van der Waals surface area (Å²) in [5, 5.41) is 9.14. The first-order valence-electron chi connectivity index (χ1n) is 4.82. The summed E-state index contributed by atoms with van der Waals surface area (Å²) in [6, 6.07) is 5.11. The summed E-state index contributed by atoms with van der Waals surface area (Å²) in [6.07, 6.45) is 0.530. The molecule has 0 unspecified atom stereocenters. The molecule has 4 heteroatoms. The lowest BCUT2D eigenvalue weighted by molar-refractivity contribution is -0.136. The second kappa shape index (κ2) is 6.16. The molecule has 0 amide bonds. The van der Waals surface area contributed by atoms with Crippen molar-refractivity contribution in [2.75, 3.05) is 6.54 Å². The molecule has 0 bridgehead atoms. The number of hydrogen-bond acceptors (Lipinski definition) is 2. The fraction of sp³-hybridized carbons (Fsp3) is 0.250. The van der Waals surface area contributed by atoms with Gasteiger partial charge in [0.15, 0.2) is 0 Å². The Morgan fingerprint density at radius 3 is 2.88 bits per heavy atom. The fourth-order valence-electron chi connectivity index (χ4n) is 1.19. The second-order valence-corrected chi connectivity index (χ2v) is 3.62. The lowest BCUT2D eigenvalue weighted by atomic mass is 10.1. The first-order valence-corrected chi connectivity index (χ1v) is 5.20. The van der Waals surface area contributed by atoms with Crippen molar-refractivity contribution >= 4 is 17.6 Å². The molecular formula is C12H12ClNO2. The van der Waals surface area contributed by atoms with Gasteiger partial charge < -0.3 is 10.8 Å². The van der Waals surface area contributed by atoms with E-state index in [0.717, 1.165) is 5.56 Å². The summed E-state index contributed by atoms with van der Waals surface area (Å²) in [5.41, 5.74) is 6.65. The summed E-state index contributed by atoms with van der Waals surface area (Å²) in [6.45, 7) is 0.516. The Morgan fingerprint density at radius 2 is 2.25 bits per heavy atom. The molecule has 3 nitrogen and oxygen atoms in total. The monoisotopic (exact) mass is 237 g/mol. The van der Waals surface area contributed by atoms with Gasteiger partial charge in [-0.25, -0.2) is 0 Å². The quantitative estimate of drug-likeness (QED) is 0.786. The Morgan fingerprint density at radius 1 is 1.50 bits per heavy atom. The topological polar surface area (TPSA) is 63.3 Å². The van der Waals surface area contributed by atoms with E-state index < -0.39 is 5.97 Å². The maximum Gasteiger partial charge on any atom is 0.307 e. The van der Waals surface area contributed by atoms with E-state index in [2.05, 4.69) is 11.8 Å². The standard InChI is InChI=1S/C12H12ClNO2/c13-11-5-4-9(3-1-2-6-14)7-10(11)8-12(15)16/h4-5,7H,2,6,8,14H2,(H,15,16). The number of carbonyl (C=O) groups is 1. The Bertz CT molecular complexity index is 446. The molecule has 3 N–H and O–H groups in total. The summed E-state index contributed by atoms with van der Waals surface area (Å²) in [5.74, 6) is 4.88. The molecule has 0 atom stereocenters. The van der Waals surface area contributed by atoms with Crippen LogP contribution in [-0.4, -0.2) is 17.6 Å². The predicted octanol–water partition coefficient (Wildman–Crippen LogP) is 1.67. The van der Waals surface area contributed by atoms with Gasteiger partial charge in [0.25, 0.3) is 0 Å². The van der Waals surface area contributed by atoms with E-state index in [1.54, 1.807) is 18.2 Å². The van der Waals surface area contributed by atoms with Crippen LogP contribution in [0.25, 0.3) is 0 Å². The van der Waals surface area contributed by atoms with Crippen molar-refractivity contribution in [3.05, 3.63) is 34.3 Å². The molecule has 0 spiro atoms. The normalized spacial score (nSPS) is 9.38. The van der Waals surface area contributed by atoms with Gasteiger partial charge in [-0.2, -0.15) is 0 Å². The molecule has 0 aliphatic heterocycles. The van der Waals surface area contributed by atoms with Gasteiger partial charge in [0.05, 0.1) is 6.42 Å². The highest BCUT2D eigenvalue weighted by Crippen LogP contribution is 2.17. The van der Waals surface area contributed by atoms with Gasteiger partial charge in [0.1, 0.15) is 0 Å². The zero-order valence-corrected chi connectivity index (χ0v) is 9.42. The van der Waals surface area contributed by atoms with Gasteiger partial charge in [-0.05, 0) is 23.8 Å². The number of aliphatic carboxylic acids is 1. The number of hydrogen-bond donors (Lipinski definition) is 2. The Kier molecular flexibility index (Phi) is 4.84. The van der Waals surface area contributed by atoms with Gasteiger partial charge in [-0.3, -0.25) is 4.79 Å².